The molecule has 0 heterocycles. The molecule has 0 aromatic heterocycles. The second-order valence-corrected chi connectivity index (χ2v) is 3.10. The van der Waals surface area contributed by atoms with Gasteiger partial charge in [-0.15, -0.1) is 0 Å². The molecule has 0 amide bonds. The lowest BCUT2D eigenvalue weighted by Gasteiger charge is -2.02. The molecule has 0 aromatic rings. The summed E-state index contributed by atoms with van der Waals surface area (Å²) in [6.07, 6.45) is 4.53. The molecule has 0 atom stereocenters. The molecule has 1 fully saturated rings. The monoisotopic (exact) mass is 116 g/mol. The Hall–Kier alpha value is -0.0700. The van der Waals surface area contributed by atoms with Crippen molar-refractivity contribution in [3.05, 3.63) is 0 Å². The van der Waals surface area contributed by atoms with Crippen LogP contribution in [0.1, 0.15) is 32.6 Å². The molecule has 0 aromatic carbocycles. The van der Waals surface area contributed by atoms with Crippen LogP contribution in [-0.4, -0.2) is 6.67 Å². The second-order valence-electron chi connectivity index (χ2n) is 3.10. The first kappa shape index (κ1) is 6.06. The van der Waals surface area contributed by atoms with Crippen molar-refractivity contribution in [3.8, 4) is 0 Å². The first-order chi connectivity index (χ1) is 3.77. The van der Waals surface area contributed by atoms with Crippen molar-refractivity contribution in [3.63, 3.8) is 0 Å². The van der Waals surface area contributed by atoms with Gasteiger partial charge in [-0.25, -0.2) is 0 Å². The molecular weight excluding hydrogens is 103 g/mol. The van der Waals surface area contributed by atoms with Gasteiger partial charge in [0, 0.05) is 0 Å². The minimum Gasteiger partial charge on any atom is -0.251 e. The summed E-state index contributed by atoms with van der Waals surface area (Å²) in [5, 5.41) is 0. The van der Waals surface area contributed by atoms with Gasteiger partial charge in [0.15, 0.2) is 0 Å². The van der Waals surface area contributed by atoms with E-state index in [1.54, 1.807) is 0 Å². The molecule has 1 heteroatoms. The smallest absolute Gasteiger partial charge is 0.0894 e. The number of alkyl halides is 1. The molecule has 0 bridgehead atoms. The van der Waals surface area contributed by atoms with Crippen LogP contribution in [0.15, 0.2) is 0 Å². The van der Waals surface area contributed by atoms with E-state index in [4.69, 9.17) is 0 Å². The van der Waals surface area contributed by atoms with E-state index in [2.05, 4.69) is 6.92 Å². The molecule has 1 rings (SSSR count). The van der Waals surface area contributed by atoms with Gasteiger partial charge in [-0.3, -0.25) is 4.39 Å². The van der Waals surface area contributed by atoms with Crippen LogP contribution in [0, 0.1) is 5.41 Å². The summed E-state index contributed by atoms with van der Waals surface area (Å²) in [4.78, 5) is 0. The Bertz CT molecular complexity index is 74.5. The number of rotatable bonds is 3. The molecule has 0 radical (unpaired) electrons. The largest absolute Gasteiger partial charge is 0.251 e. The standard InChI is InChI=1S/C7H13F/c1-7(4-5-7)3-2-6-8/h2-6H2,1H3. The Morgan fingerprint density at radius 2 is 2.12 bits per heavy atom. The fraction of sp³-hybridized carbons (Fsp3) is 1.00. The summed E-state index contributed by atoms with van der Waals surface area (Å²) in [7, 11) is 0. The van der Waals surface area contributed by atoms with Crippen LogP contribution in [0.25, 0.3) is 0 Å². The van der Waals surface area contributed by atoms with E-state index < -0.39 is 0 Å². The van der Waals surface area contributed by atoms with Gasteiger partial charge in [-0.1, -0.05) is 6.92 Å². The molecule has 0 spiro atoms. The topological polar surface area (TPSA) is 0 Å². The van der Waals surface area contributed by atoms with Gasteiger partial charge >= 0.3 is 0 Å². The number of halogens is 1. The van der Waals surface area contributed by atoms with Gasteiger partial charge in [-0.05, 0) is 31.1 Å². The van der Waals surface area contributed by atoms with Crippen molar-refractivity contribution >= 4 is 0 Å². The van der Waals surface area contributed by atoms with E-state index in [1.165, 1.54) is 12.8 Å². The predicted octanol–water partition coefficient (Wildman–Crippen LogP) is 2.54. The van der Waals surface area contributed by atoms with Crippen molar-refractivity contribution in [1.29, 1.82) is 0 Å². The number of hydrogen-bond acceptors (Lipinski definition) is 0. The fourth-order valence-electron chi connectivity index (χ4n) is 0.957. The lowest BCUT2D eigenvalue weighted by molar-refractivity contribution is 0.407. The zero-order chi connectivity index (χ0) is 6.04. The van der Waals surface area contributed by atoms with Crippen LogP contribution in [0.3, 0.4) is 0 Å². The van der Waals surface area contributed by atoms with E-state index in [0.29, 0.717) is 5.41 Å². The van der Waals surface area contributed by atoms with Gasteiger partial charge in [0.1, 0.15) is 0 Å². The molecule has 0 N–H and O–H groups in total. The molecule has 0 saturated heterocycles. The summed E-state index contributed by atoms with van der Waals surface area (Å²) in [5.41, 5.74) is 0.562. The molecule has 1 saturated carbocycles. The van der Waals surface area contributed by atoms with Crippen molar-refractivity contribution < 1.29 is 4.39 Å². The zero-order valence-electron chi connectivity index (χ0n) is 5.41. The third-order valence-corrected chi connectivity index (χ3v) is 2.02. The average molecular weight is 116 g/mol. The summed E-state index contributed by atoms with van der Waals surface area (Å²) in [6.45, 7) is 2.11. The first-order valence-corrected chi connectivity index (χ1v) is 3.33. The van der Waals surface area contributed by atoms with E-state index in [0.717, 1.165) is 12.8 Å². The minimum atomic E-state index is -0.129. The minimum absolute atomic E-state index is 0.129. The van der Waals surface area contributed by atoms with Crippen LogP contribution in [-0.2, 0) is 0 Å². The van der Waals surface area contributed by atoms with Crippen molar-refractivity contribution in [1.82, 2.24) is 0 Å². The highest BCUT2D eigenvalue weighted by Crippen LogP contribution is 2.48. The first-order valence-electron chi connectivity index (χ1n) is 3.33. The van der Waals surface area contributed by atoms with Crippen LogP contribution < -0.4 is 0 Å². The Kier molecular flexibility index (Phi) is 1.54. The van der Waals surface area contributed by atoms with Crippen LogP contribution in [0.2, 0.25) is 0 Å². The Morgan fingerprint density at radius 1 is 1.50 bits per heavy atom. The Morgan fingerprint density at radius 3 is 2.50 bits per heavy atom. The molecule has 8 heavy (non-hydrogen) atoms. The lowest BCUT2D eigenvalue weighted by atomic mass is 10.0. The fourth-order valence-corrected chi connectivity index (χ4v) is 0.957. The van der Waals surface area contributed by atoms with Gasteiger partial charge in [-0.2, -0.15) is 0 Å². The maximum atomic E-state index is 11.6. The van der Waals surface area contributed by atoms with E-state index in [1.807, 2.05) is 0 Å². The molecule has 0 aliphatic heterocycles. The Labute approximate surface area is 50.1 Å². The summed E-state index contributed by atoms with van der Waals surface area (Å²) in [6, 6.07) is 0. The van der Waals surface area contributed by atoms with Gasteiger partial charge < -0.3 is 0 Å². The summed E-state index contributed by atoms with van der Waals surface area (Å²) in [5.74, 6) is 0. The second kappa shape index (κ2) is 2.04. The molecular formula is C7H13F. The highest BCUT2D eigenvalue weighted by Gasteiger charge is 2.35. The molecule has 0 nitrogen and oxygen atoms in total. The van der Waals surface area contributed by atoms with Crippen molar-refractivity contribution in [2.24, 2.45) is 5.41 Å². The van der Waals surface area contributed by atoms with Gasteiger partial charge in [0.05, 0.1) is 6.67 Å². The third kappa shape index (κ3) is 1.46. The quantitative estimate of drug-likeness (QED) is 0.531. The number of hydrogen-bond donors (Lipinski definition) is 0. The molecule has 1 aliphatic carbocycles. The Balaban J connectivity index is 2.01. The maximum Gasteiger partial charge on any atom is 0.0894 e. The third-order valence-electron chi connectivity index (χ3n) is 2.02. The summed E-state index contributed by atoms with van der Waals surface area (Å²) < 4.78 is 11.6. The normalized spacial score (nSPS) is 23.2. The molecule has 1 aliphatic rings. The van der Waals surface area contributed by atoms with Crippen LogP contribution >= 0.6 is 0 Å². The van der Waals surface area contributed by atoms with Crippen molar-refractivity contribution in [2.45, 2.75) is 32.6 Å². The average Bonchev–Trinajstić information content (AvgIpc) is 2.45. The SMILES string of the molecule is CC1(CCCF)CC1. The van der Waals surface area contributed by atoms with Crippen LogP contribution in [0.5, 0.6) is 0 Å². The van der Waals surface area contributed by atoms with Gasteiger partial charge in [0.2, 0.25) is 0 Å². The lowest BCUT2D eigenvalue weighted by Crippen LogP contribution is -1.92. The molecule has 0 unspecified atom stereocenters. The highest BCUT2D eigenvalue weighted by atomic mass is 19.1. The highest BCUT2D eigenvalue weighted by molar-refractivity contribution is 4.87. The molecule has 48 valence electrons. The zero-order valence-corrected chi connectivity index (χ0v) is 5.41. The van der Waals surface area contributed by atoms with Gasteiger partial charge in [0.25, 0.3) is 0 Å². The van der Waals surface area contributed by atoms with E-state index in [9.17, 15) is 4.39 Å². The summed E-state index contributed by atoms with van der Waals surface area (Å²) >= 11 is 0. The van der Waals surface area contributed by atoms with E-state index in [-0.39, 0.29) is 6.67 Å². The maximum absolute atomic E-state index is 11.6. The van der Waals surface area contributed by atoms with Crippen LogP contribution in [0.4, 0.5) is 4.39 Å². The van der Waals surface area contributed by atoms with E-state index >= 15 is 0 Å². The van der Waals surface area contributed by atoms with Crippen molar-refractivity contribution in [2.75, 3.05) is 6.67 Å². The predicted molar refractivity (Wildman–Crippen MR) is 32.5 cm³/mol.